The highest BCUT2D eigenvalue weighted by atomic mass is 35.5. The number of halogens is 2. The van der Waals surface area contributed by atoms with Crippen LogP contribution >= 0.6 is 23.2 Å². The summed E-state index contributed by atoms with van der Waals surface area (Å²) in [6.45, 7) is 2.37. The Hall–Kier alpha value is -2.17. The van der Waals surface area contributed by atoms with Gasteiger partial charge in [-0.05, 0) is 42.8 Å². The Morgan fingerprint density at radius 1 is 1.10 bits per heavy atom. The lowest BCUT2D eigenvalue weighted by molar-refractivity contribution is -0.119. The second kappa shape index (κ2) is 9.97. The zero-order valence-electron chi connectivity index (χ0n) is 16.6. The second-order valence-corrected chi connectivity index (χ2v) is 9.50. The Balaban J connectivity index is 1.66. The van der Waals surface area contributed by atoms with E-state index in [0.29, 0.717) is 29.5 Å². The summed E-state index contributed by atoms with van der Waals surface area (Å²) in [7, 11) is -3.71. The average Bonchev–Trinajstić information content (AvgIpc) is 2.76. The number of benzene rings is 2. The number of esters is 1. The molecule has 1 amide bonds. The van der Waals surface area contributed by atoms with Gasteiger partial charge in [0, 0.05) is 18.8 Å². The van der Waals surface area contributed by atoms with Crippen LogP contribution in [0.3, 0.4) is 0 Å². The van der Waals surface area contributed by atoms with E-state index >= 15 is 0 Å². The smallest absolute Gasteiger partial charge is 0.338 e. The highest BCUT2D eigenvalue weighted by Crippen LogP contribution is 2.24. The third-order valence-electron chi connectivity index (χ3n) is 4.58. The second-order valence-electron chi connectivity index (χ2n) is 6.75. The molecule has 31 heavy (non-hydrogen) atoms. The SMILES string of the molecule is Cc1ccc(S(=O)(=O)N2CCOCC2)cc1NC(=O)COC(=O)c1ccc(Cl)c(Cl)c1. The van der Waals surface area contributed by atoms with E-state index in [9.17, 15) is 18.0 Å². The number of sulfonamides is 1. The van der Waals surface area contributed by atoms with Crippen molar-refractivity contribution in [3.8, 4) is 0 Å². The summed E-state index contributed by atoms with van der Waals surface area (Å²) >= 11 is 11.7. The van der Waals surface area contributed by atoms with Crippen LogP contribution in [-0.4, -0.2) is 57.5 Å². The van der Waals surface area contributed by atoms with Crippen molar-refractivity contribution in [1.82, 2.24) is 4.31 Å². The highest BCUT2D eigenvalue weighted by molar-refractivity contribution is 7.89. The molecule has 0 spiro atoms. The Kier molecular flexibility index (Phi) is 7.55. The van der Waals surface area contributed by atoms with Gasteiger partial charge in [0.2, 0.25) is 10.0 Å². The minimum absolute atomic E-state index is 0.0584. The zero-order valence-corrected chi connectivity index (χ0v) is 18.9. The Labute approximate surface area is 190 Å². The molecule has 1 fully saturated rings. The summed E-state index contributed by atoms with van der Waals surface area (Å²) in [5, 5.41) is 3.06. The van der Waals surface area contributed by atoms with Crippen molar-refractivity contribution in [2.45, 2.75) is 11.8 Å². The first-order valence-electron chi connectivity index (χ1n) is 9.29. The fourth-order valence-corrected chi connectivity index (χ4v) is 4.59. The zero-order chi connectivity index (χ0) is 22.6. The van der Waals surface area contributed by atoms with E-state index < -0.39 is 28.5 Å². The number of amides is 1. The molecule has 0 atom stereocenters. The summed E-state index contributed by atoms with van der Waals surface area (Å²) in [6.07, 6.45) is 0. The number of morpholine rings is 1. The molecule has 0 radical (unpaired) electrons. The molecule has 0 aromatic heterocycles. The fourth-order valence-electron chi connectivity index (χ4n) is 2.86. The van der Waals surface area contributed by atoms with Gasteiger partial charge >= 0.3 is 5.97 Å². The van der Waals surface area contributed by atoms with Gasteiger partial charge in [-0.2, -0.15) is 4.31 Å². The van der Waals surface area contributed by atoms with Crippen LogP contribution in [0.1, 0.15) is 15.9 Å². The molecule has 0 unspecified atom stereocenters. The summed E-state index contributed by atoms with van der Waals surface area (Å²) in [5.74, 6) is -1.36. The molecular formula is C20H20Cl2N2O6S. The van der Waals surface area contributed by atoms with Gasteiger partial charge in [0.25, 0.3) is 5.91 Å². The summed E-state index contributed by atoms with van der Waals surface area (Å²) in [6, 6.07) is 8.70. The number of anilines is 1. The molecule has 1 N–H and O–H groups in total. The molecule has 2 aromatic rings. The molecule has 11 heteroatoms. The minimum Gasteiger partial charge on any atom is -0.452 e. The van der Waals surface area contributed by atoms with Gasteiger partial charge in [-0.15, -0.1) is 0 Å². The van der Waals surface area contributed by atoms with Gasteiger partial charge in [0.05, 0.1) is 33.7 Å². The number of hydrogen-bond donors (Lipinski definition) is 1. The van der Waals surface area contributed by atoms with Gasteiger partial charge in [0.1, 0.15) is 0 Å². The molecule has 0 saturated carbocycles. The van der Waals surface area contributed by atoms with Crippen molar-refractivity contribution in [2.24, 2.45) is 0 Å². The Morgan fingerprint density at radius 2 is 1.81 bits per heavy atom. The molecule has 0 bridgehead atoms. The van der Waals surface area contributed by atoms with Crippen molar-refractivity contribution in [3.05, 3.63) is 57.6 Å². The van der Waals surface area contributed by atoms with Crippen LogP contribution in [0, 0.1) is 6.92 Å². The van der Waals surface area contributed by atoms with Crippen molar-refractivity contribution in [3.63, 3.8) is 0 Å². The third-order valence-corrected chi connectivity index (χ3v) is 7.21. The van der Waals surface area contributed by atoms with E-state index in [0.717, 1.165) is 0 Å². The predicted octanol–water partition coefficient (Wildman–Crippen LogP) is 3.12. The first-order valence-corrected chi connectivity index (χ1v) is 11.5. The van der Waals surface area contributed by atoms with Gasteiger partial charge in [0.15, 0.2) is 6.61 Å². The summed E-state index contributed by atoms with van der Waals surface area (Å²) in [5.41, 5.74) is 1.12. The van der Waals surface area contributed by atoms with Crippen LogP contribution < -0.4 is 5.32 Å². The molecule has 1 aliphatic heterocycles. The van der Waals surface area contributed by atoms with Gasteiger partial charge < -0.3 is 14.8 Å². The number of hydrogen-bond acceptors (Lipinski definition) is 6. The van der Waals surface area contributed by atoms with E-state index in [1.165, 1.54) is 34.6 Å². The van der Waals surface area contributed by atoms with Crippen LogP contribution in [0.5, 0.6) is 0 Å². The molecule has 1 aliphatic rings. The minimum atomic E-state index is -3.71. The maximum absolute atomic E-state index is 12.8. The van der Waals surface area contributed by atoms with Gasteiger partial charge in [-0.25, -0.2) is 13.2 Å². The average molecular weight is 487 g/mol. The summed E-state index contributed by atoms with van der Waals surface area (Å²) < 4.78 is 37.2. The van der Waals surface area contributed by atoms with Crippen LogP contribution in [0.4, 0.5) is 5.69 Å². The maximum Gasteiger partial charge on any atom is 0.338 e. The molecule has 3 rings (SSSR count). The van der Waals surface area contributed by atoms with Crippen LogP contribution in [0.2, 0.25) is 10.0 Å². The lowest BCUT2D eigenvalue weighted by Crippen LogP contribution is -2.40. The molecule has 2 aromatic carbocycles. The number of nitrogens with one attached hydrogen (secondary N) is 1. The number of carbonyl (C=O) groups is 2. The van der Waals surface area contributed by atoms with Crippen LogP contribution in [0.15, 0.2) is 41.3 Å². The number of rotatable bonds is 6. The monoisotopic (exact) mass is 486 g/mol. The Morgan fingerprint density at radius 3 is 2.48 bits per heavy atom. The van der Waals surface area contributed by atoms with Crippen molar-refractivity contribution in [2.75, 3.05) is 38.2 Å². The van der Waals surface area contributed by atoms with E-state index in [4.69, 9.17) is 32.7 Å². The fraction of sp³-hybridized carbons (Fsp3) is 0.300. The Bertz CT molecular complexity index is 1100. The topological polar surface area (TPSA) is 102 Å². The molecule has 0 aliphatic carbocycles. The lowest BCUT2D eigenvalue weighted by Gasteiger charge is -2.26. The molecule has 8 nitrogen and oxygen atoms in total. The highest BCUT2D eigenvalue weighted by Gasteiger charge is 2.27. The largest absolute Gasteiger partial charge is 0.452 e. The van der Waals surface area contributed by atoms with Crippen molar-refractivity contribution < 1.29 is 27.5 Å². The molecule has 166 valence electrons. The lowest BCUT2D eigenvalue weighted by atomic mass is 10.2. The quantitative estimate of drug-likeness (QED) is 0.629. The van der Waals surface area contributed by atoms with Gasteiger partial charge in [-0.3, -0.25) is 4.79 Å². The van der Waals surface area contributed by atoms with E-state index in [-0.39, 0.29) is 28.6 Å². The number of aryl methyl sites for hydroxylation is 1. The van der Waals surface area contributed by atoms with Crippen molar-refractivity contribution >= 4 is 50.8 Å². The predicted molar refractivity (Wildman–Crippen MR) is 116 cm³/mol. The van der Waals surface area contributed by atoms with Gasteiger partial charge in [-0.1, -0.05) is 29.3 Å². The first-order chi connectivity index (χ1) is 14.7. The van der Waals surface area contributed by atoms with E-state index in [1.807, 2.05) is 0 Å². The number of nitrogens with zero attached hydrogens (tertiary/aromatic N) is 1. The molecule has 1 saturated heterocycles. The standard InChI is InChI=1S/C20H20Cl2N2O6S/c1-13-2-4-15(31(27,28)24-6-8-29-9-7-24)11-18(13)23-19(25)12-30-20(26)14-3-5-16(21)17(22)10-14/h2-5,10-11H,6-9,12H2,1H3,(H,23,25). The normalized spacial score (nSPS) is 14.8. The maximum atomic E-state index is 12.8. The van der Waals surface area contributed by atoms with Crippen LogP contribution in [-0.2, 0) is 24.3 Å². The molecule has 1 heterocycles. The molecular weight excluding hydrogens is 467 g/mol. The van der Waals surface area contributed by atoms with Crippen molar-refractivity contribution in [1.29, 1.82) is 0 Å². The summed E-state index contributed by atoms with van der Waals surface area (Å²) in [4.78, 5) is 24.4. The van der Waals surface area contributed by atoms with E-state index in [2.05, 4.69) is 5.32 Å². The third kappa shape index (κ3) is 5.75. The number of ether oxygens (including phenoxy) is 2. The number of carbonyl (C=O) groups excluding carboxylic acids is 2. The van der Waals surface area contributed by atoms with Crippen LogP contribution in [0.25, 0.3) is 0 Å². The van der Waals surface area contributed by atoms with E-state index in [1.54, 1.807) is 13.0 Å². The first kappa shape index (κ1) is 23.5.